The minimum Gasteiger partial charge on any atom is -0.338 e. The first kappa shape index (κ1) is 10.2. The molecule has 0 aliphatic rings. The molecule has 2 aromatic heterocycles. The number of aldehydes is 1. The summed E-state index contributed by atoms with van der Waals surface area (Å²) >= 11 is 1.67. The van der Waals surface area contributed by atoms with Crippen LogP contribution in [0.5, 0.6) is 0 Å². The molecule has 0 unspecified atom stereocenters. The molecule has 0 aliphatic carbocycles. The number of hydrogen-bond acceptors (Lipinski definition) is 3. The van der Waals surface area contributed by atoms with Crippen LogP contribution in [0.3, 0.4) is 0 Å². The van der Waals surface area contributed by atoms with Crippen LogP contribution in [0.1, 0.15) is 15.5 Å². The Bertz CT molecular complexity index is 636. The van der Waals surface area contributed by atoms with Crippen LogP contribution in [-0.4, -0.2) is 15.8 Å². The van der Waals surface area contributed by atoms with Crippen LogP contribution in [0, 0.1) is 0 Å². The van der Waals surface area contributed by atoms with Gasteiger partial charge in [-0.2, -0.15) is 0 Å². The highest BCUT2D eigenvalue weighted by molar-refractivity contribution is 7.18. The van der Waals surface area contributed by atoms with Gasteiger partial charge in [0.15, 0.2) is 6.29 Å². The van der Waals surface area contributed by atoms with Crippen molar-refractivity contribution < 1.29 is 4.79 Å². The first-order valence-corrected chi connectivity index (χ1v) is 6.13. The van der Waals surface area contributed by atoms with Gasteiger partial charge in [-0.3, -0.25) is 4.79 Å². The lowest BCUT2D eigenvalue weighted by atomic mass is 10.3. The third kappa shape index (κ3) is 1.87. The van der Waals surface area contributed by atoms with Crippen LogP contribution in [0.15, 0.2) is 42.6 Å². The topological polar surface area (TPSA) is 34.9 Å². The van der Waals surface area contributed by atoms with Crippen molar-refractivity contribution in [3.8, 4) is 0 Å². The molecule has 3 rings (SSSR count). The summed E-state index contributed by atoms with van der Waals surface area (Å²) in [7, 11) is 0. The number of nitrogens with zero attached hydrogens (tertiary/aromatic N) is 2. The molecule has 0 fully saturated rings. The number of carbonyl (C=O) groups excluding carboxylic acids is 1. The van der Waals surface area contributed by atoms with Gasteiger partial charge in [0.25, 0.3) is 0 Å². The van der Waals surface area contributed by atoms with Crippen LogP contribution in [0.4, 0.5) is 0 Å². The minimum absolute atomic E-state index is 0.653. The first-order valence-electron chi connectivity index (χ1n) is 5.31. The molecule has 0 bridgehead atoms. The summed E-state index contributed by atoms with van der Waals surface area (Å²) < 4.78 is 3.09. The van der Waals surface area contributed by atoms with E-state index in [9.17, 15) is 4.79 Å². The average Bonchev–Trinajstić information content (AvgIpc) is 2.94. The Labute approximate surface area is 102 Å². The van der Waals surface area contributed by atoms with Gasteiger partial charge in [0.1, 0.15) is 5.01 Å². The zero-order valence-electron chi connectivity index (χ0n) is 9.04. The van der Waals surface area contributed by atoms with Gasteiger partial charge in [-0.25, -0.2) is 4.98 Å². The maximum absolute atomic E-state index is 10.8. The van der Waals surface area contributed by atoms with Crippen molar-refractivity contribution in [1.82, 2.24) is 9.55 Å². The molecule has 84 valence electrons. The molecule has 0 amide bonds. The Morgan fingerprint density at radius 1 is 1.24 bits per heavy atom. The van der Waals surface area contributed by atoms with Crippen LogP contribution in [0.2, 0.25) is 0 Å². The number of carbonyl (C=O) groups is 1. The van der Waals surface area contributed by atoms with Gasteiger partial charge in [-0.1, -0.05) is 12.1 Å². The summed E-state index contributed by atoms with van der Waals surface area (Å²) in [6.45, 7) is 0.653. The first-order chi connectivity index (χ1) is 8.36. The number of hydrogen-bond donors (Lipinski definition) is 0. The Hall–Kier alpha value is -1.94. The molecule has 3 aromatic rings. The number of fused-ring (bicyclic) bond motifs is 1. The van der Waals surface area contributed by atoms with E-state index in [1.807, 2.05) is 35.0 Å². The van der Waals surface area contributed by atoms with Gasteiger partial charge in [0, 0.05) is 6.20 Å². The van der Waals surface area contributed by atoms with Crippen molar-refractivity contribution in [2.45, 2.75) is 6.54 Å². The second-order valence-electron chi connectivity index (χ2n) is 3.75. The molecule has 2 heterocycles. The highest BCUT2D eigenvalue weighted by atomic mass is 32.1. The summed E-state index contributed by atoms with van der Waals surface area (Å²) in [6, 6.07) is 11.7. The molecule has 17 heavy (non-hydrogen) atoms. The van der Waals surface area contributed by atoms with E-state index in [1.165, 1.54) is 4.70 Å². The molecular weight excluding hydrogens is 232 g/mol. The van der Waals surface area contributed by atoms with Gasteiger partial charge < -0.3 is 4.57 Å². The number of thiazole rings is 1. The molecule has 4 heteroatoms. The molecule has 0 N–H and O–H groups in total. The fourth-order valence-electron chi connectivity index (χ4n) is 1.81. The summed E-state index contributed by atoms with van der Waals surface area (Å²) in [4.78, 5) is 15.4. The molecule has 0 spiro atoms. The smallest absolute Gasteiger partial charge is 0.166 e. The number of para-hydroxylation sites is 1. The zero-order chi connectivity index (χ0) is 11.7. The van der Waals surface area contributed by atoms with E-state index < -0.39 is 0 Å². The van der Waals surface area contributed by atoms with E-state index in [-0.39, 0.29) is 0 Å². The summed E-state index contributed by atoms with van der Waals surface area (Å²) in [5.41, 5.74) is 1.71. The van der Waals surface area contributed by atoms with Crippen LogP contribution in [-0.2, 0) is 6.54 Å². The van der Waals surface area contributed by atoms with E-state index >= 15 is 0 Å². The summed E-state index contributed by atoms with van der Waals surface area (Å²) in [5, 5.41) is 1.02. The number of rotatable bonds is 3. The number of benzene rings is 1. The van der Waals surface area contributed by atoms with Crippen molar-refractivity contribution in [3.63, 3.8) is 0 Å². The number of aromatic nitrogens is 2. The standard InChI is InChI=1S/C13H10N2OS/c16-9-10-4-3-7-15(10)8-13-14-11-5-1-2-6-12(11)17-13/h1-7,9H,8H2. The second-order valence-corrected chi connectivity index (χ2v) is 4.87. The lowest BCUT2D eigenvalue weighted by Gasteiger charge is -2.00. The molecule has 0 aliphatic heterocycles. The highest BCUT2D eigenvalue weighted by Gasteiger charge is 2.05. The van der Waals surface area contributed by atoms with E-state index in [2.05, 4.69) is 11.1 Å². The average molecular weight is 242 g/mol. The van der Waals surface area contributed by atoms with E-state index in [4.69, 9.17) is 0 Å². The largest absolute Gasteiger partial charge is 0.338 e. The molecule has 0 saturated heterocycles. The van der Waals surface area contributed by atoms with Crippen molar-refractivity contribution in [2.75, 3.05) is 0 Å². The van der Waals surface area contributed by atoms with Crippen molar-refractivity contribution in [2.24, 2.45) is 0 Å². The van der Waals surface area contributed by atoms with Gasteiger partial charge in [0.2, 0.25) is 0 Å². The quantitative estimate of drug-likeness (QED) is 0.662. The lowest BCUT2D eigenvalue weighted by molar-refractivity contribution is 0.111. The maximum atomic E-state index is 10.8. The fraction of sp³-hybridized carbons (Fsp3) is 0.0769. The Kier molecular flexibility index (Phi) is 2.49. The Balaban J connectivity index is 1.97. The van der Waals surface area contributed by atoms with Crippen molar-refractivity contribution in [3.05, 3.63) is 53.3 Å². The summed E-state index contributed by atoms with van der Waals surface area (Å²) in [5.74, 6) is 0. The molecule has 0 saturated carbocycles. The third-order valence-electron chi connectivity index (χ3n) is 2.63. The Morgan fingerprint density at radius 2 is 2.12 bits per heavy atom. The zero-order valence-corrected chi connectivity index (χ0v) is 9.85. The molecule has 0 atom stereocenters. The molecule has 3 nitrogen and oxygen atoms in total. The predicted octanol–water partition coefficient (Wildman–Crippen LogP) is 2.96. The van der Waals surface area contributed by atoms with E-state index in [1.54, 1.807) is 17.4 Å². The normalized spacial score (nSPS) is 10.8. The van der Waals surface area contributed by atoms with Crippen molar-refractivity contribution in [1.29, 1.82) is 0 Å². The monoisotopic (exact) mass is 242 g/mol. The van der Waals surface area contributed by atoms with Crippen LogP contribution in [0.25, 0.3) is 10.2 Å². The van der Waals surface area contributed by atoms with Crippen LogP contribution < -0.4 is 0 Å². The maximum Gasteiger partial charge on any atom is 0.166 e. The van der Waals surface area contributed by atoms with Gasteiger partial charge in [-0.05, 0) is 24.3 Å². The lowest BCUT2D eigenvalue weighted by Crippen LogP contribution is -2.01. The van der Waals surface area contributed by atoms with Gasteiger partial charge in [0.05, 0.1) is 22.5 Å². The molecule has 1 aromatic carbocycles. The van der Waals surface area contributed by atoms with E-state index in [0.29, 0.717) is 12.2 Å². The predicted molar refractivity (Wildman–Crippen MR) is 68.5 cm³/mol. The highest BCUT2D eigenvalue weighted by Crippen LogP contribution is 2.22. The summed E-state index contributed by atoms with van der Waals surface area (Å²) in [6.07, 6.45) is 2.77. The van der Waals surface area contributed by atoms with Gasteiger partial charge in [-0.15, -0.1) is 11.3 Å². The SMILES string of the molecule is O=Cc1cccn1Cc1nc2ccccc2s1. The molecular formula is C13H10N2OS. The van der Waals surface area contributed by atoms with E-state index in [0.717, 1.165) is 16.8 Å². The minimum atomic E-state index is 0.653. The van der Waals surface area contributed by atoms with Gasteiger partial charge >= 0.3 is 0 Å². The fourth-order valence-corrected chi connectivity index (χ4v) is 2.78. The third-order valence-corrected chi connectivity index (χ3v) is 3.65. The molecule has 0 radical (unpaired) electrons. The Morgan fingerprint density at radius 3 is 2.94 bits per heavy atom. The van der Waals surface area contributed by atoms with Crippen molar-refractivity contribution >= 4 is 27.8 Å². The second kappa shape index (κ2) is 4.14. The van der Waals surface area contributed by atoms with Crippen LogP contribution >= 0.6 is 11.3 Å².